The van der Waals surface area contributed by atoms with Crippen LogP contribution in [0.25, 0.3) is 0 Å². The quantitative estimate of drug-likeness (QED) is 0.484. The molecule has 0 spiro atoms. The molecule has 1 amide bonds. The summed E-state index contributed by atoms with van der Waals surface area (Å²) in [5.74, 6) is -1.36. The Bertz CT molecular complexity index is 784. The number of nitrogens with one attached hydrogen (secondary N) is 2. The summed E-state index contributed by atoms with van der Waals surface area (Å²) in [4.78, 5) is 17.0. The Hall–Kier alpha value is -2.02. The highest BCUT2D eigenvalue weighted by Gasteiger charge is 2.22. The number of amides is 1. The Morgan fingerprint density at radius 2 is 2.07 bits per heavy atom. The van der Waals surface area contributed by atoms with E-state index in [2.05, 4.69) is 15.2 Å². The predicted octanol–water partition coefficient (Wildman–Crippen LogP) is 0.595. The summed E-state index contributed by atoms with van der Waals surface area (Å²) in [6.45, 7) is 1.98. The molecule has 1 fully saturated rings. The van der Waals surface area contributed by atoms with Crippen LogP contribution in [-0.4, -0.2) is 78.7 Å². The lowest BCUT2D eigenvalue weighted by Crippen LogP contribution is -2.38. The third-order valence-corrected chi connectivity index (χ3v) is 5.97. The average Bonchev–Trinajstić information content (AvgIpc) is 2.61. The number of aliphatic hydroxyl groups excluding tert-OH is 1. The maximum absolute atomic E-state index is 14.4. The van der Waals surface area contributed by atoms with Crippen LogP contribution in [0.5, 0.6) is 0 Å². The Kier molecular flexibility index (Phi) is 7.52. The fourth-order valence-electron chi connectivity index (χ4n) is 2.86. The molecule has 12 heteroatoms. The highest BCUT2D eigenvalue weighted by Crippen LogP contribution is 2.22. The van der Waals surface area contributed by atoms with Gasteiger partial charge in [0.25, 0.3) is 0 Å². The number of aromatic nitrogens is 1. The first-order valence-corrected chi connectivity index (χ1v) is 10.3. The molecule has 0 unspecified atom stereocenters. The SMILES string of the molecule is CN(C)S(=O)(=O)Nc1ncc([C@@H](CCN2CCC(O)CC2)NC(=O)O)cc1F. The average molecular weight is 419 g/mol. The minimum atomic E-state index is -3.91. The van der Waals surface area contributed by atoms with Gasteiger partial charge in [-0.05, 0) is 30.9 Å². The van der Waals surface area contributed by atoms with Crippen LogP contribution in [-0.2, 0) is 10.2 Å². The zero-order chi connectivity index (χ0) is 20.9. The van der Waals surface area contributed by atoms with Crippen LogP contribution in [0.1, 0.15) is 30.9 Å². The van der Waals surface area contributed by atoms with E-state index in [0.717, 1.165) is 10.4 Å². The Labute approximate surface area is 163 Å². The van der Waals surface area contributed by atoms with Gasteiger partial charge in [0.15, 0.2) is 11.6 Å². The number of likely N-dealkylation sites (tertiary alicyclic amines) is 1. The maximum Gasteiger partial charge on any atom is 0.405 e. The van der Waals surface area contributed by atoms with E-state index >= 15 is 0 Å². The summed E-state index contributed by atoms with van der Waals surface area (Å²) in [6, 6.07) is 0.368. The summed E-state index contributed by atoms with van der Waals surface area (Å²) >= 11 is 0. The first-order chi connectivity index (χ1) is 13.1. The number of anilines is 1. The van der Waals surface area contributed by atoms with E-state index in [1.165, 1.54) is 20.3 Å². The molecule has 2 rings (SSSR count). The van der Waals surface area contributed by atoms with Crippen molar-refractivity contribution in [3.63, 3.8) is 0 Å². The van der Waals surface area contributed by atoms with Crippen LogP contribution in [0.2, 0.25) is 0 Å². The van der Waals surface area contributed by atoms with E-state index in [-0.39, 0.29) is 6.10 Å². The molecule has 2 heterocycles. The van der Waals surface area contributed by atoms with Crippen molar-refractivity contribution in [2.75, 3.05) is 38.5 Å². The lowest BCUT2D eigenvalue weighted by atomic mass is 10.0. The summed E-state index contributed by atoms with van der Waals surface area (Å²) in [5, 5.41) is 21.0. The van der Waals surface area contributed by atoms with Gasteiger partial charge in [-0.25, -0.2) is 14.2 Å². The number of hydrogen-bond acceptors (Lipinski definition) is 6. The Morgan fingerprint density at radius 1 is 1.43 bits per heavy atom. The number of rotatable bonds is 8. The minimum absolute atomic E-state index is 0.296. The highest BCUT2D eigenvalue weighted by molar-refractivity contribution is 7.90. The molecule has 0 saturated carbocycles. The number of hydrogen-bond donors (Lipinski definition) is 4. The van der Waals surface area contributed by atoms with Crippen LogP contribution in [0.15, 0.2) is 12.3 Å². The number of carboxylic acid groups (broad SMARTS) is 1. The van der Waals surface area contributed by atoms with Crippen molar-refractivity contribution in [1.82, 2.24) is 19.5 Å². The number of nitrogens with zero attached hydrogens (tertiary/aromatic N) is 3. The van der Waals surface area contributed by atoms with E-state index < -0.39 is 34.0 Å². The van der Waals surface area contributed by atoms with Crippen molar-refractivity contribution < 1.29 is 27.8 Å². The summed E-state index contributed by atoms with van der Waals surface area (Å²) < 4.78 is 40.9. The third kappa shape index (κ3) is 6.26. The molecule has 0 aliphatic carbocycles. The highest BCUT2D eigenvalue weighted by atomic mass is 32.2. The van der Waals surface area contributed by atoms with E-state index in [1.807, 2.05) is 4.72 Å². The maximum atomic E-state index is 14.4. The lowest BCUT2D eigenvalue weighted by Gasteiger charge is -2.30. The zero-order valence-corrected chi connectivity index (χ0v) is 16.6. The van der Waals surface area contributed by atoms with Crippen molar-refractivity contribution in [2.45, 2.75) is 31.4 Å². The van der Waals surface area contributed by atoms with Crippen LogP contribution < -0.4 is 10.0 Å². The Balaban J connectivity index is 2.10. The molecule has 0 radical (unpaired) electrons. The molecule has 1 saturated heterocycles. The molecular formula is C16H26FN5O5S. The third-order valence-electron chi connectivity index (χ3n) is 4.56. The van der Waals surface area contributed by atoms with Gasteiger partial charge in [-0.2, -0.15) is 12.7 Å². The van der Waals surface area contributed by atoms with E-state index in [4.69, 9.17) is 5.11 Å². The van der Waals surface area contributed by atoms with Gasteiger partial charge in [0.05, 0.1) is 12.1 Å². The first-order valence-electron chi connectivity index (χ1n) is 8.84. The molecule has 0 bridgehead atoms. The number of piperidine rings is 1. The summed E-state index contributed by atoms with van der Waals surface area (Å²) in [7, 11) is -1.33. The lowest BCUT2D eigenvalue weighted by molar-refractivity contribution is 0.0806. The largest absolute Gasteiger partial charge is 0.465 e. The van der Waals surface area contributed by atoms with Crippen molar-refractivity contribution in [3.05, 3.63) is 23.6 Å². The Morgan fingerprint density at radius 3 is 2.61 bits per heavy atom. The van der Waals surface area contributed by atoms with Gasteiger partial charge >= 0.3 is 16.3 Å². The van der Waals surface area contributed by atoms with Crippen molar-refractivity contribution in [3.8, 4) is 0 Å². The van der Waals surface area contributed by atoms with Gasteiger partial charge in [-0.1, -0.05) is 0 Å². The van der Waals surface area contributed by atoms with Gasteiger partial charge in [0, 0.05) is 39.9 Å². The smallest absolute Gasteiger partial charge is 0.405 e. The molecule has 1 aromatic rings. The molecule has 0 aromatic carbocycles. The number of aliphatic hydroxyl groups is 1. The topological polar surface area (TPSA) is 135 Å². The monoisotopic (exact) mass is 419 g/mol. The number of pyridine rings is 1. The summed E-state index contributed by atoms with van der Waals surface area (Å²) in [6.07, 6.45) is 1.39. The van der Waals surface area contributed by atoms with E-state index in [9.17, 15) is 22.7 Å². The normalized spacial score (nSPS) is 17.5. The second-order valence-corrected chi connectivity index (χ2v) is 8.74. The van der Waals surface area contributed by atoms with Crippen LogP contribution in [0.4, 0.5) is 15.0 Å². The van der Waals surface area contributed by atoms with Crippen LogP contribution >= 0.6 is 0 Å². The van der Waals surface area contributed by atoms with Gasteiger partial charge in [-0.3, -0.25) is 4.72 Å². The fraction of sp³-hybridized carbons (Fsp3) is 0.625. The van der Waals surface area contributed by atoms with E-state index in [1.54, 1.807) is 0 Å². The molecule has 1 aliphatic rings. The van der Waals surface area contributed by atoms with Crippen molar-refractivity contribution >= 4 is 22.1 Å². The van der Waals surface area contributed by atoms with Crippen LogP contribution in [0, 0.1) is 5.82 Å². The van der Waals surface area contributed by atoms with Gasteiger partial charge in [0.2, 0.25) is 0 Å². The number of carbonyl (C=O) groups is 1. The molecule has 1 aromatic heterocycles. The van der Waals surface area contributed by atoms with Gasteiger partial charge in [-0.15, -0.1) is 0 Å². The molecule has 10 nitrogen and oxygen atoms in total. The first kappa shape index (κ1) is 22.3. The molecule has 1 atom stereocenters. The second kappa shape index (κ2) is 9.45. The van der Waals surface area contributed by atoms with Crippen molar-refractivity contribution in [1.29, 1.82) is 0 Å². The second-order valence-electron chi connectivity index (χ2n) is 6.85. The van der Waals surface area contributed by atoms with Gasteiger partial charge < -0.3 is 20.4 Å². The summed E-state index contributed by atoms with van der Waals surface area (Å²) in [5.41, 5.74) is 0.296. The molecule has 1 aliphatic heterocycles. The molecule has 28 heavy (non-hydrogen) atoms. The van der Waals surface area contributed by atoms with Crippen LogP contribution in [0.3, 0.4) is 0 Å². The predicted molar refractivity (Wildman–Crippen MR) is 101 cm³/mol. The minimum Gasteiger partial charge on any atom is -0.465 e. The molecule has 4 N–H and O–H groups in total. The van der Waals surface area contributed by atoms with E-state index in [0.29, 0.717) is 44.5 Å². The molecular weight excluding hydrogens is 393 g/mol. The van der Waals surface area contributed by atoms with Gasteiger partial charge in [0.1, 0.15) is 0 Å². The number of halogens is 1. The standard InChI is InChI=1S/C16H26FN5O5S/c1-21(2)28(26,27)20-15-13(17)9-11(10-18-15)14(19-16(24)25)5-8-22-6-3-12(23)4-7-22/h9-10,12,14,19,23H,3-8H2,1-2H3,(H,18,20)(H,24,25)/t14-/m1/s1. The fourth-order valence-corrected chi connectivity index (χ4v) is 3.43. The zero-order valence-electron chi connectivity index (χ0n) is 15.8. The van der Waals surface area contributed by atoms with Crippen molar-refractivity contribution in [2.24, 2.45) is 0 Å². The molecule has 158 valence electrons.